The van der Waals surface area contributed by atoms with E-state index in [4.69, 9.17) is 9.15 Å². The summed E-state index contributed by atoms with van der Waals surface area (Å²) in [6, 6.07) is 0.0174. The minimum Gasteiger partial charge on any atom is -0.447 e. The van der Waals surface area contributed by atoms with Crippen LogP contribution >= 0.6 is 0 Å². The smallest absolute Gasteiger partial charge is 0.276 e. The first-order valence-electron chi connectivity index (χ1n) is 10.3. The molecule has 4 heterocycles. The number of likely N-dealkylation sites (tertiary alicyclic amines) is 1. The van der Waals surface area contributed by atoms with Crippen LogP contribution in [0.2, 0.25) is 0 Å². The van der Waals surface area contributed by atoms with Gasteiger partial charge in [-0.1, -0.05) is 0 Å². The van der Waals surface area contributed by atoms with Crippen LogP contribution in [0.4, 0.5) is 0 Å². The van der Waals surface area contributed by atoms with Gasteiger partial charge in [0.1, 0.15) is 5.76 Å². The molecule has 1 aliphatic carbocycles. The molecule has 0 bridgehead atoms. The van der Waals surface area contributed by atoms with Gasteiger partial charge in [-0.05, 0) is 46.5 Å². The molecule has 1 saturated carbocycles. The van der Waals surface area contributed by atoms with Gasteiger partial charge in [-0.15, -0.1) is 0 Å². The summed E-state index contributed by atoms with van der Waals surface area (Å²) in [6.45, 7) is 8.66. The van der Waals surface area contributed by atoms with Gasteiger partial charge in [-0.2, -0.15) is 5.10 Å². The molecule has 7 heteroatoms. The number of carbonyl (C=O) groups is 1. The molecular formula is C21H28N4O3. The van der Waals surface area contributed by atoms with Crippen LogP contribution in [0, 0.1) is 5.41 Å². The maximum absolute atomic E-state index is 13.4. The summed E-state index contributed by atoms with van der Waals surface area (Å²) in [5.41, 5.74) is 1.58. The Morgan fingerprint density at radius 1 is 1.25 bits per heavy atom. The summed E-state index contributed by atoms with van der Waals surface area (Å²) in [4.78, 5) is 19.7. The van der Waals surface area contributed by atoms with Crippen molar-refractivity contribution in [3.05, 3.63) is 35.8 Å². The van der Waals surface area contributed by atoms with Gasteiger partial charge >= 0.3 is 0 Å². The molecule has 1 unspecified atom stereocenters. The second-order valence-electron chi connectivity index (χ2n) is 9.54. The minimum atomic E-state index is -0.0923. The van der Waals surface area contributed by atoms with Gasteiger partial charge in [0, 0.05) is 42.9 Å². The third-order valence-electron chi connectivity index (χ3n) is 6.48. The highest BCUT2D eigenvalue weighted by Crippen LogP contribution is 2.55. The normalized spacial score (nSPS) is 24.4. The lowest BCUT2D eigenvalue weighted by Crippen LogP contribution is -2.62. The Labute approximate surface area is 165 Å². The van der Waals surface area contributed by atoms with E-state index in [0.29, 0.717) is 11.6 Å². The molecule has 3 aliphatic rings. The van der Waals surface area contributed by atoms with Crippen LogP contribution in [0.15, 0.2) is 23.2 Å². The van der Waals surface area contributed by atoms with Crippen molar-refractivity contribution in [1.29, 1.82) is 0 Å². The number of hydrogen-bond donors (Lipinski definition) is 0. The molecule has 1 atom stereocenters. The van der Waals surface area contributed by atoms with Crippen LogP contribution in [0.25, 0.3) is 0 Å². The number of rotatable bonds is 3. The van der Waals surface area contributed by atoms with Crippen molar-refractivity contribution < 1.29 is 13.9 Å². The predicted octanol–water partition coefficient (Wildman–Crippen LogP) is 3.50. The monoisotopic (exact) mass is 384 g/mol. The summed E-state index contributed by atoms with van der Waals surface area (Å²) in [6.07, 6.45) is 9.55. The van der Waals surface area contributed by atoms with Crippen molar-refractivity contribution >= 4 is 5.91 Å². The van der Waals surface area contributed by atoms with Crippen LogP contribution in [0.3, 0.4) is 0 Å². The number of aromatic nitrogens is 3. The third kappa shape index (κ3) is 2.79. The van der Waals surface area contributed by atoms with E-state index in [-0.39, 0.29) is 22.9 Å². The number of ether oxygens (including phenoxy) is 1. The fourth-order valence-corrected chi connectivity index (χ4v) is 4.70. The van der Waals surface area contributed by atoms with Crippen molar-refractivity contribution in [3.63, 3.8) is 0 Å². The predicted molar refractivity (Wildman–Crippen MR) is 102 cm³/mol. The standard InChI is InChI=1S/C21H28N4O3/c1-20(2,3)25-11-15(10-23-25)18-21(6-8-27-9-7-21)12-24(18)19(26)16-17(14-4-5-14)28-13-22-16/h10-11,13-14,18H,4-9,12H2,1-3H3. The summed E-state index contributed by atoms with van der Waals surface area (Å²) < 4.78 is 13.2. The molecular weight excluding hydrogens is 356 g/mol. The maximum Gasteiger partial charge on any atom is 0.276 e. The lowest BCUT2D eigenvalue weighted by Gasteiger charge is -2.58. The molecule has 3 fully saturated rings. The van der Waals surface area contributed by atoms with Gasteiger partial charge in [0.25, 0.3) is 5.91 Å². The zero-order chi connectivity index (χ0) is 19.5. The van der Waals surface area contributed by atoms with E-state index in [1.807, 2.05) is 15.8 Å². The van der Waals surface area contributed by atoms with Crippen molar-refractivity contribution in [2.45, 2.75) is 64.0 Å². The molecule has 2 saturated heterocycles. The summed E-state index contributed by atoms with van der Waals surface area (Å²) in [5.74, 6) is 1.12. The zero-order valence-electron chi connectivity index (χ0n) is 16.9. The van der Waals surface area contributed by atoms with E-state index in [0.717, 1.165) is 56.8 Å². The topological polar surface area (TPSA) is 73.4 Å². The second kappa shape index (κ2) is 6.17. The fraction of sp³-hybridized carbons (Fsp3) is 0.667. The fourth-order valence-electron chi connectivity index (χ4n) is 4.70. The van der Waals surface area contributed by atoms with Crippen LogP contribution in [0.1, 0.15) is 80.2 Å². The van der Waals surface area contributed by atoms with Crippen molar-refractivity contribution in [2.75, 3.05) is 19.8 Å². The average Bonchev–Trinajstić information content (AvgIpc) is 3.17. The van der Waals surface area contributed by atoms with Crippen molar-refractivity contribution in [2.24, 2.45) is 5.41 Å². The van der Waals surface area contributed by atoms with E-state index in [1.165, 1.54) is 6.39 Å². The third-order valence-corrected chi connectivity index (χ3v) is 6.48. The van der Waals surface area contributed by atoms with Gasteiger partial charge in [0.15, 0.2) is 12.1 Å². The molecule has 5 rings (SSSR count). The van der Waals surface area contributed by atoms with Crippen molar-refractivity contribution in [3.8, 4) is 0 Å². The lowest BCUT2D eigenvalue weighted by molar-refractivity contribution is -0.115. The molecule has 1 amide bonds. The van der Waals surface area contributed by atoms with Crippen LogP contribution in [-0.2, 0) is 10.3 Å². The summed E-state index contributed by atoms with van der Waals surface area (Å²) in [5, 5.41) is 4.59. The highest BCUT2D eigenvalue weighted by atomic mass is 16.5. The maximum atomic E-state index is 13.4. The van der Waals surface area contributed by atoms with Crippen LogP contribution in [0.5, 0.6) is 0 Å². The van der Waals surface area contributed by atoms with E-state index in [9.17, 15) is 4.79 Å². The zero-order valence-corrected chi connectivity index (χ0v) is 16.9. The number of hydrogen-bond acceptors (Lipinski definition) is 5. The Kier molecular flexibility index (Phi) is 3.95. The first-order valence-corrected chi connectivity index (χ1v) is 10.3. The second-order valence-corrected chi connectivity index (χ2v) is 9.54. The number of amides is 1. The Morgan fingerprint density at radius 2 is 2.00 bits per heavy atom. The highest BCUT2D eigenvalue weighted by Gasteiger charge is 2.56. The molecule has 2 aliphatic heterocycles. The number of nitrogens with zero attached hydrogens (tertiary/aromatic N) is 4. The summed E-state index contributed by atoms with van der Waals surface area (Å²) in [7, 11) is 0. The minimum absolute atomic E-state index is 0.0127. The first-order chi connectivity index (χ1) is 13.4. The van der Waals surface area contributed by atoms with Gasteiger partial charge in [0.2, 0.25) is 0 Å². The van der Waals surface area contributed by atoms with Crippen LogP contribution < -0.4 is 0 Å². The lowest BCUT2D eigenvalue weighted by atomic mass is 9.64. The molecule has 0 N–H and O–H groups in total. The molecule has 0 radical (unpaired) electrons. The van der Waals surface area contributed by atoms with Gasteiger partial charge in [-0.3, -0.25) is 9.48 Å². The van der Waals surface area contributed by atoms with Crippen LogP contribution in [-0.4, -0.2) is 45.3 Å². The largest absolute Gasteiger partial charge is 0.447 e. The Bertz CT molecular complexity index is 884. The molecule has 1 spiro atoms. The molecule has 2 aromatic heterocycles. The van der Waals surface area contributed by atoms with Gasteiger partial charge in [0.05, 0.1) is 17.8 Å². The van der Waals surface area contributed by atoms with Crippen molar-refractivity contribution in [1.82, 2.24) is 19.7 Å². The van der Waals surface area contributed by atoms with Gasteiger partial charge in [-0.25, -0.2) is 4.98 Å². The molecule has 150 valence electrons. The Morgan fingerprint density at radius 3 is 2.64 bits per heavy atom. The van der Waals surface area contributed by atoms with E-state index < -0.39 is 0 Å². The SMILES string of the molecule is CC(C)(C)n1cc(C2N(C(=O)c3ncoc3C3CC3)CC23CCOCC3)cn1. The van der Waals surface area contributed by atoms with E-state index in [2.05, 4.69) is 37.1 Å². The molecule has 7 nitrogen and oxygen atoms in total. The van der Waals surface area contributed by atoms with E-state index in [1.54, 1.807) is 0 Å². The summed E-state index contributed by atoms with van der Waals surface area (Å²) >= 11 is 0. The molecule has 28 heavy (non-hydrogen) atoms. The molecule has 0 aromatic carbocycles. The van der Waals surface area contributed by atoms with E-state index >= 15 is 0 Å². The van der Waals surface area contributed by atoms with Gasteiger partial charge < -0.3 is 14.1 Å². The highest BCUT2D eigenvalue weighted by molar-refractivity contribution is 5.94. The quantitative estimate of drug-likeness (QED) is 0.810. The number of oxazole rings is 1. The number of carbonyl (C=O) groups excluding carboxylic acids is 1. The first kappa shape index (κ1) is 17.9. The molecule has 2 aromatic rings. The Hall–Kier alpha value is -2.15. The average molecular weight is 384 g/mol. The Balaban J connectivity index is 1.48.